The summed E-state index contributed by atoms with van der Waals surface area (Å²) in [5, 5.41) is 0. The highest BCUT2D eigenvalue weighted by molar-refractivity contribution is 7.89. The molecule has 1 heterocycles. The number of halogens is 4. The number of ether oxygens (including phenoxy) is 1. The number of rotatable bonds is 3. The van der Waals surface area contributed by atoms with Crippen LogP contribution in [0, 0.1) is 0 Å². The van der Waals surface area contributed by atoms with E-state index in [-0.39, 0.29) is 0 Å². The molecular weight excluding hydrogens is 320 g/mol. The number of nitrogens with one attached hydrogen (secondary N) is 1. The lowest BCUT2D eigenvalue weighted by Gasteiger charge is -2.24. The highest BCUT2D eigenvalue weighted by atomic mass is 32.2. The normalized spacial score (nSPS) is 22.7. The Kier molecular flexibility index (Phi) is 4.78. The Morgan fingerprint density at radius 3 is 2.33 bits per heavy atom. The van der Waals surface area contributed by atoms with E-state index in [2.05, 4.69) is 0 Å². The maximum atomic E-state index is 13.6. The summed E-state index contributed by atoms with van der Waals surface area (Å²) in [5.74, 6) is -7.50. The second-order valence-electron chi connectivity index (χ2n) is 5.60. The van der Waals surface area contributed by atoms with Crippen LogP contribution in [-0.4, -0.2) is 55.8 Å². The molecular formula is C10H16F4N2O4S. The Labute approximate surface area is 119 Å². The molecule has 1 amide bonds. The lowest BCUT2D eigenvalue weighted by Crippen LogP contribution is -2.48. The Morgan fingerprint density at radius 1 is 1.38 bits per heavy atom. The summed E-state index contributed by atoms with van der Waals surface area (Å²) < 4.78 is 79.6. The number of likely N-dealkylation sites (tertiary alicyclic amines) is 1. The van der Waals surface area contributed by atoms with E-state index in [9.17, 15) is 30.8 Å². The van der Waals surface area contributed by atoms with Crippen molar-refractivity contribution in [3.8, 4) is 0 Å². The maximum Gasteiger partial charge on any atom is 0.410 e. The minimum atomic E-state index is -5.18. The van der Waals surface area contributed by atoms with Crippen molar-refractivity contribution in [2.24, 2.45) is 0 Å². The molecule has 0 aliphatic carbocycles. The Bertz CT molecular complexity index is 504. The Morgan fingerprint density at radius 2 is 1.90 bits per heavy atom. The van der Waals surface area contributed by atoms with Gasteiger partial charge in [-0.15, -0.1) is 0 Å². The van der Waals surface area contributed by atoms with E-state index in [1.165, 1.54) is 25.5 Å². The van der Waals surface area contributed by atoms with Crippen LogP contribution >= 0.6 is 0 Å². The number of nitrogens with zero attached hydrogens (tertiary/aromatic N) is 1. The lowest BCUT2D eigenvalue weighted by atomic mass is 10.2. The third-order valence-electron chi connectivity index (χ3n) is 2.51. The zero-order valence-corrected chi connectivity index (χ0v) is 12.4. The molecule has 1 saturated heterocycles. The molecule has 1 aliphatic rings. The third-order valence-corrected chi connectivity index (χ3v) is 3.59. The lowest BCUT2D eigenvalue weighted by molar-refractivity contribution is -0.0124. The fraction of sp³-hybridized carbons (Fsp3) is 0.900. The van der Waals surface area contributed by atoms with Gasteiger partial charge >= 0.3 is 11.9 Å². The van der Waals surface area contributed by atoms with Crippen molar-refractivity contribution < 1.29 is 35.5 Å². The van der Waals surface area contributed by atoms with Crippen LogP contribution in [0.3, 0.4) is 0 Å². The summed E-state index contributed by atoms with van der Waals surface area (Å²) in [6, 6.07) is -2.12. The number of alkyl halides is 4. The van der Waals surface area contributed by atoms with E-state index in [0.717, 1.165) is 0 Å². The highest BCUT2D eigenvalue weighted by Crippen LogP contribution is 2.29. The first kappa shape index (κ1) is 18.0. The summed E-state index contributed by atoms with van der Waals surface area (Å²) in [5.41, 5.74) is -0.924. The molecule has 1 fully saturated rings. The van der Waals surface area contributed by atoms with Crippen LogP contribution in [0.1, 0.15) is 20.8 Å². The van der Waals surface area contributed by atoms with E-state index >= 15 is 0 Å². The molecule has 1 N–H and O–H groups in total. The number of sulfonamides is 1. The molecule has 1 unspecified atom stereocenters. The smallest absolute Gasteiger partial charge is 0.410 e. The van der Waals surface area contributed by atoms with E-state index < -0.39 is 52.5 Å². The minimum Gasteiger partial charge on any atom is -0.444 e. The van der Waals surface area contributed by atoms with Gasteiger partial charge in [-0.3, -0.25) is 0 Å². The molecule has 1 atom stereocenters. The Balaban J connectivity index is 2.81. The second-order valence-corrected chi connectivity index (χ2v) is 7.28. The molecule has 0 radical (unpaired) electrons. The van der Waals surface area contributed by atoms with Gasteiger partial charge < -0.3 is 9.64 Å². The number of hydrogen-bond donors (Lipinski definition) is 1. The SMILES string of the molecule is CC(C)(C)OC(=O)N1CC(NS(=O)(=O)C(F)F)C(F)(F)C1. The van der Waals surface area contributed by atoms with Crippen molar-refractivity contribution in [3.05, 3.63) is 0 Å². The van der Waals surface area contributed by atoms with Crippen molar-refractivity contribution in [2.45, 2.75) is 44.1 Å². The highest BCUT2D eigenvalue weighted by Gasteiger charge is 2.52. The van der Waals surface area contributed by atoms with E-state index in [1.54, 1.807) is 0 Å². The van der Waals surface area contributed by atoms with Crippen LogP contribution in [0.15, 0.2) is 0 Å². The minimum absolute atomic E-state index is 0.573. The summed E-state index contributed by atoms with van der Waals surface area (Å²) in [4.78, 5) is 12.2. The molecule has 0 spiro atoms. The molecule has 0 aromatic heterocycles. The van der Waals surface area contributed by atoms with Crippen molar-refractivity contribution >= 4 is 16.1 Å². The number of carbonyl (C=O) groups excluding carboxylic acids is 1. The van der Waals surface area contributed by atoms with Crippen molar-refractivity contribution in [1.82, 2.24) is 9.62 Å². The summed E-state index contributed by atoms with van der Waals surface area (Å²) in [7, 11) is -5.18. The van der Waals surface area contributed by atoms with Crippen LogP contribution < -0.4 is 4.72 Å². The van der Waals surface area contributed by atoms with Gasteiger partial charge in [-0.2, -0.15) is 13.5 Å². The van der Waals surface area contributed by atoms with Crippen molar-refractivity contribution in [2.75, 3.05) is 13.1 Å². The molecule has 0 aromatic rings. The third kappa shape index (κ3) is 4.70. The van der Waals surface area contributed by atoms with Gasteiger partial charge in [0.1, 0.15) is 11.6 Å². The Hall–Kier alpha value is -1.10. The van der Waals surface area contributed by atoms with Gasteiger partial charge in [-0.25, -0.2) is 22.0 Å². The van der Waals surface area contributed by atoms with Crippen molar-refractivity contribution in [1.29, 1.82) is 0 Å². The van der Waals surface area contributed by atoms with E-state index in [1.807, 2.05) is 0 Å². The summed E-state index contributed by atoms with van der Waals surface area (Å²) >= 11 is 0. The molecule has 1 aliphatic heterocycles. The first-order chi connectivity index (χ1) is 9.24. The molecule has 21 heavy (non-hydrogen) atoms. The van der Waals surface area contributed by atoms with Gasteiger partial charge in [-0.1, -0.05) is 0 Å². The van der Waals surface area contributed by atoms with Crippen molar-refractivity contribution in [3.63, 3.8) is 0 Å². The predicted octanol–water partition coefficient (Wildman–Crippen LogP) is 1.38. The number of hydrogen-bond acceptors (Lipinski definition) is 4. The molecule has 11 heteroatoms. The second kappa shape index (κ2) is 5.59. The van der Waals surface area contributed by atoms with Gasteiger partial charge in [0, 0.05) is 6.54 Å². The summed E-state index contributed by atoms with van der Waals surface area (Å²) in [6.45, 7) is 2.70. The van der Waals surface area contributed by atoms with E-state index in [4.69, 9.17) is 4.74 Å². The zero-order chi connectivity index (χ0) is 16.6. The van der Waals surface area contributed by atoms with Crippen LogP contribution in [0.25, 0.3) is 0 Å². The fourth-order valence-electron chi connectivity index (χ4n) is 1.62. The first-order valence-corrected chi connectivity index (χ1v) is 7.44. The first-order valence-electron chi connectivity index (χ1n) is 5.90. The molecule has 0 aromatic carbocycles. The molecule has 0 saturated carbocycles. The van der Waals surface area contributed by atoms with Crippen LogP contribution in [0.5, 0.6) is 0 Å². The topological polar surface area (TPSA) is 75.7 Å². The molecule has 124 valence electrons. The maximum absolute atomic E-state index is 13.6. The fourth-order valence-corrected chi connectivity index (χ4v) is 2.37. The van der Waals surface area contributed by atoms with Gasteiger partial charge in [-0.05, 0) is 20.8 Å². The zero-order valence-electron chi connectivity index (χ0n) is 11.6. The van der Waals surface area contributed by atoms with Crippen LogP contribution in [0.4, 0.5) is 22.4 Å². The monoisotopic (exact) mass is 336 g/mol. The molecule has 1 rings (SSSR count). The molecule has 0 bridgehead atoms. The van der Waals surface area contributed by atoms with Crippen LogP contribution in [0.2, 0.25) is 0 Å². The number of carbonyl (C=O) groups is 1. The van der Waals surface area contributed by atoms with Gasteiger partial charge in [0.15, 0.2) is 0 Å². The predicted molar refractivity (Wildman–Crippen MR) is 64.6 cm³/mol. The average Bonchev–Trinajstić information content (AvgIpc) is 2.51. The van der Waals surface area contributed by atoms with Crippen LogP contribution in [-0.2, 0) is 14.8 Å². The molecule has 6 nitrogen and oxygen atoms in total. The van der Waals surface area contributed by atoms with E-state index in [0.29, 0.717) is 4.90 Å². The summed E-state index contributed by atoms with van der Waals surface area (Å²) in [6.07, 6.45) is -1.07. The van der Waals surface area contributed by atoms with Gasteiger partial charge in [0.05, 0.1) is 6.54 Å². The largest absolute Gasteiger partial charge is 0.444 e. The van der Waals surface area contributed by atoms with Gasteiger partial charge in [0.2, 0.25) is 0 Å². The average molecular weight is 336 g/mol. The standard InChI is InChI=1S/C10H16F4N2O4S/c1-9(2,3)20-8(17)16-4-6(10(13,14)5-16)15-21(18,19)7(11)12/h6-7,15H,4-5H2,1-3H3. The quantitative estimate of drug-likeness (QED) is 0.790. The van der Waals surface area contributed by atoms with Gasteiger partial charge in [0.25, 0.3) is 15.9 Å². The number of amides is 1.